The number of allylic oxidation sites excluding steroid dienone is 2. The average molecular weight is 224 g/mol. The van der Waals surface area contributed by atoms with E-state index in [4.69, 9.17) is 10.5 Å². The maximum absolute atomic E-state index is 5.77. The van der Waals surface area contributed by atoms with Crippen molar-refractivity contribution in [2.24, 2.45) is 5.73 Å². The fourth-order valence-electron chi connectivity index (χ4n) is 1.98. The van der Waals surface area contributed by atoms with Crippen molar-refractivity contribution < 1.29 is 4.74 Å². The van der Waals surface area contributed by atoms with Crippen LogP contribution in [0.3, 0.4) is 0 Å². The predicted octanol–water partition coefficient (Wildman–Crippen LogP) is 2.30. The first kappa shape index (κ1) is 13.3. The number of nitrogens with two attached hydrogens (primary N) is 1. The van der Waals surface area contributed by atoms with Gasteiger partial charge < -0.3 is 15.8 Å². The van der Waals surface area contributed by atoms with E-state index in [1.807, 2.05) is 0 Å². The van der Waals surface area contributed by atoms with Gasteiger partial charge in [0.2, 0.25) is 0 Å². The van der Waals surface area contributed by atoms with Crippen LogP contribution in [-0.4, -0.2) is 18.9 Å². The molecule has 0 amide bonds. The highest BCUT2D eigenvalue weighted by atomic mass is 16.5. The van der Waals surface area contributed by atoms with Crippen molar-refractivity contribution in [2.45, 2.75) is 46.6 Å². The molecule has 0 saturated carbocycles. The minimum atomic E-state index is -0.0565. The Labute approximate surface area is 98.7 Å². The van der Waals surface area contributed by atoms with Gasteiger partial charge in [0.05, 0.1) is 18.9 Å². The van der Waals surface area contributed by atoms with Gasteiger partial charge in [-0.25, -0.2) is 0 Å². The Hall–Kier alpha value is -0.800. The fourth-order valence-corrected chi connectivity index (χ4v) is 1.98. The lowest BCUT2D eigenvalue weighted by atomic mass is 9.87. The lowest BCUT2D eigenvalue weighted by Gasteiger charge is -2.33. The highest BCUT2D eigenvalue weighted by molar-refractivity contribution is 5.38. The van der Waals surface area contributed by atoms with Crippen LogP contribution in [0.25, 0.3) is 0 Å². The van der Waals surface area contributed by atoms with E-state index < -0.39 is 0 Å². The van der Waals surface area contributed by atoms with Crippen LogP contribution in [0.1, 0.15) is 41.0 Å². The van der Waals surface area contributed by atoms with Gasteiger partial charge in [-0.2, -0.15) is 0 Å². The maximum Gasteiger partial charge on any atom is 0.0687 e. The summed E-state index contributed by atoms with van der Waals surface area (Å²) in [4.78, 5) is 0. The molecule has 16 heavy (non-hydrogen) atoms. The van der Waals surface area contributed by atoms with Gasteiger partial charge in [-0.1, -0.05) is 0 Å². The third-order valence-corrected chi connectivity index (χ3v) is 3.18. The minimum Gasteiger partial charge on any atom is -0.376 e. The molecule has 0 radical (unpaired) electrons. The quantitative estimate of drug-likeness (QED) is 0.723. The van der Waals surface area contributed by atoms with E-state index in [1.54, 1.807) is 0 Å². The minimum absolute atomic E-state index is 0.0565. The number of hydrogen-bond acceptors (Lipinski definition) is 3. The van der Waals surface area contributed by atoms with Gasteiger partial charge in [-0.3, -0.25) is 0 Å². The standard InChI is InChI=1S/C13H24N2O/c1-9-7-16-13(4,5)6-12(9)10(2)11(3)15-8-14/h15H,6-8,14H2,1-5H3/b11-10+. The van der Waals surface area contributed by atoms with E-state index in [1.165, 1.54) is 16.7 Å². The lowest BCUT2D eigenvalue weighted by Crippen LogP contribution is -2.31. The summed E-state index contributed by atoms with van der Waals surface area (Å²) in [7, 11) is 0. The molecule has 0 aliphatic carbocycles. The Balaban J connectivity index is 2.98. The average Bonchev–Trinajstić information content (AvgIpc) is 2.21. The third-order valence-electron chi connectivity index (χ3n) is 3.18. The summed E-state index contributed by atoms with van der Waals surface area (Å²) in [5.74, 6) is 0. The predicted molar refractivity (Wildman–Crippen MR) is 67.9 cm³/mol. The van der Waals surface area contributed by atoms with Crippen molar-refractivity contribution in [1.29, 1.82) is 0 Å². The van der Waals surface area contributed by atoms with E-state index in [2.05, 4.69) is 39.9 Å². The molecular weight excluding hydrogens is 200 g/mol. The molecule has 1 rings (SSSR count). The van der Waals surface area contributed by atoms with Crippen molar-refractivity contribution in [3.63, 3.8) is 0 Å². The van der Waals surface area contributed by atoms with E-state index in [0.717, 1.165) is 18.7 Å². The first-order chi connectivity index (χ1) is 7.37. The summed E-state index contributed by atoms with van der Waals surface area (Å²) in [5, 5.41) is 3.17. The van der Waals surface area contributed by atoms with Crippen LogP contribution < -0.4 is 11.1 Å². The number of hydrogen-bond donors (Lipinski definition) is 2. The van der Waals surface area contributed by atoms with Crippen LogP contribution in [0.4, 0.5) is 0 Å². The molecular formula is C13H24N2O. The Morgan fingerprint density at radius 2 is 2.06 bits per heavy atom. The summed E-state index contributed by atoms with van der Waals surface area (Å²) in [6, 6.07) is 0. The van der Waals surface area contributed by atoms with Crippen molar-refractivity contribution in [3.05, 3.63) is 22.4 Å². The molecule has 0 saturated heterocycles. The Kier molecular flexibility index (Phi) is 4.16. The molecule has 0 atom stereocenters. The monoisotopic (exact) mass is 224 g/mol. The molecule has 1 heterocycles. The molecule has 0 fully saturated rings. The van der Waals surface area contributed by atoms with Gasteiger partial charge >= 0.3 is 0 Å². The second-order valence-corrected chi connectivity index (χ2v) is 5.11. The second-order valence-electron chi connectivity index (χ2n) is 5.11. The van der Waals surface area contributed by atoms with Crippen LogP contribution >= 0.6 is 0 Å². The highest BCUT2D eigenvalue weighted by Gasteiger charge is 2.27. The maximum atomic E-state index is 5.77. The summed E-state index contributed by atoms with van der Waals surface area (Å²) >= 11 is 0. The smallest absolute Gasteiger partial charge is 0.0687 e. The molecule has 0 bridgehead atoms. The van der Waals surface area contributed by atoms with E-state index in [9.17, 15) is 0 Å². The number of nitrogens with one attached hydrogen (secondary N) is 1. The molecule has 3 N–H and O–H groups in total. The molecule has 3 heteroatoms. The van der Waals surface area contributed by atoms with Gasteiger partial charge in [0.25, 0.3) is 0 Å². The highest BCUT2D eigenvalue weighted by Crippen LogP contribution is 2.33. The van der Waals surface area contributed by atoms with Gasteiger partial charge in [0.15, 0.2) is 0 Å². The van der Waals surface area contributed by atoms with Crippen LogP contribution in [0.15, 0.2) is 22.4 Å². The van der Waals surface area contributed by atoms with Crippen LogP contribution in [0, 0.1) is 0 Å². The van der Waals surface area contributed by atoms with E-state index in [0.29, 0.717) is 6.67 Å². The number of ether oxygens (including phenoxy) is 1. The fraction of sp³-hybridized carbons (Fsp3) is 0.692. The zero-order valence-corrected chi connectivity index (χ0v) is 11.1. The largest absolute Gasteiger partial charge is 0.376 e. The number of rotatable bonds is 3. The summed E-state index contributed by atoms with van der Waals surface area (Å²) < 4.78 is 5.77. The van der Waals surface area contributed by atoms with Gasteiger partial charge in [-0.15, -0.1) is 0 Å². The topological polar surface area (TPSA) is 47.3 Å². The molecule has 0 aromatic rings. The van der Waals surface area contributed by atoms with Crippen molar-refractivity contribution in [3.8, 4) is 0 Å². The zero-order chi connectivity index (χ0) is 12.3. The van der Waals surface area contributed by atoms with Crippen molar-refractivity contribution in [1.82, 2.24) is 5.32 Å². The molecule has 0 unspecified atom stereocenters. The summed E-state index contributed by atoms with van der Waals surface area (Å²) in [6.07, 6.45) is 0.967. The lowest BCUT2D eigenvalue weighted by molar-refractivity contribution is -0.0137. The molecule has 0 aromatic heterocycles. The van der Waals surface area contributed by atoms with E-state index in [-0.39, 0.29) is 5.60 Å². The van der Waals surface area contributed by atoms with Crippen LogP contribution in [0.2, 0.25) is 0 Å². The second kappa shape index (κ2) is 5.02. The molecule has 0 spiro atoms. The first-order valence-electron chi connectivity index (χ1n) is 5.82. The molecule has 1 aliphatic heterocycles. The Morgan fingerprint density at radius 3 is 2.62 bits per heavy atom. The molecule has 3 nitrogen and oxygen atoms in total. The van der Waals surface area contributed by atoms with Crippen LogP contribution in [-0.2, 0) is 4.74 Å². The van der Waals surface area contributed by atoms with Crippen LogP contribution in [0.5, 0.6) is 0 Å². The van der Waals surface area contributed by atoms with E-state index >= 15 is 0 Å². The molecule has 92 valence electrons. The Bertz CT molecular complexity index is 327. The van der Waals surface area contributed by atoms with Gasteiger partial charge in [0.1, 0.15) is 0 Å². The van der Waals surface area contributed by atoms with Gasteiger partial charge in [0, 0.05) is 12.1 Å². The first-order valence-corrected chi connectivity index (χ1v) is 5.82. The SMILES string of the molecule is CC1=C(/C(C)=C(\C)NCN)CC(C)(C)OC1. The summed E-state index contributed by atoms with van der Waals surface area (Å²) in [6.45, 7) is 11.9. The summed E-state index contributed by atoms with van der Waals surface area (Å²) in [5.41, 5.74) is 10.6. The molecule has 0 aromatic carbocycles. The third kappa shape index (κ3) is 3.09. The van der Waals surface area contributed by atoms with Gasteiger partial charge in [-0.05, 0) is 51.3 Å². The Morgan fingerprint density at radius 1 is 1.44 bits per heavy atom. The van der Waals surface area contributed by atoms with Crippen molar-refractivity contribution in [2.75, 3.05) is 13.3 Å². The van der Waals surface area contributed by atoms with Crippen molar-refractivity contribution >= 4 is 0 Å². The normalized spacial score (nSPS) is 21.9. The molecule has 1 aliphatic rings. The zero-order valence-electron chi connectivity index (χ0n) is 11.1.